The van der Waals surface area contributed by atoms with Crippen LogP contribution in [0.15, 0.2) is 18.2 Å². The van der Waals surface area contributed by atoms with Crippen molar-refractivity contribution in [3.8, 4) is 0 Å². The second kappa shape index (κ2) is 5.18. The molecule has 0 fully saturated rings. The zero-order valence-corrected chi connectivity index (χ0v) is 9.84. The summed E-state index contributed by atoms with van der Waals surface area (Å²) >= 11 is 11.7. The highest BCUT2D eigenvalue weighted by Gasteiger charge is 2.25. The zero-order valence-electron chi connectivity index (χ0n) is 8.33. The Morgan fingerprint density at radius 2 is 1.81 bits per heavy atom. The third-order valence-corrected chi connectivity index (χ3v) is 2.54. The van der Waals surface area contributed by atoms with E-state index < -0.39 is 17.9 Å². The Labute approximate surface area is 102 Å². The van der Waals surface area contributed by atoms with E-state index in [4.69, 9.17) is 28.3 Å². The molecule has 16 heavy (non-hydrogen) atoms. The number of carbonyl (C=O) groups excluding carboxylic acids is 1. The summed E-state index contributed by atoms with van der Waals surface area (Å²) in [6.07, 6.45) is 0. The van der Waals surface area contributed by atoms with Gasteiger partial charge >= 0.3 is 5.97 Å². The first-order valence-corrected chi connectivity index (χ1v) is 5.13. The molecule has 1 aromatic carbocycles. The minimum Gasteiger partial charge on any atom is -0.479 e. The van der Waals surface area contributed by atoms with E-state index in [-0.39, 0.29) is 15.6 Å². The first kappa shape index (κ1) is 12.8. The Hall–Kier alpha value is -1.26. The Kier molecular flexibility index (Phi) is 4.15. The molecule has 0 aliphatic carbocycles. The summed E-state index contributed by atoms with van der Waals surface area (Å²) in [6, 6.07) is 3.39. The third-order valence-electron chi connectivity index (χ3n) is 1.88. The number of aliphatic carboxylic acids is 1. The molecule has 1 amide bonds. The predicted molar refractivity (Wildman–Crippen MR) is 60.7 cm³/mol. The highest BCUT2D eigenvalue weighted by molar-refractivity contribution is 6.36. The molecule has 0 aliphatic rings. The molecule has 0 radical (unpaired) electrons. The maximum atomic E-state index is 11.0. The number of halogens is 2. The molecule has 0 spiro atoms. The molecule has 6 heteroatoms. The number of hydrogen-bond acceptors (Lipinski definition) is 2. The Morgan fingerprint density at radius 1 is 1.31 bits per heavy atom. The summed E-state index contributed by atoms with van der Waals surface area (Å²) < 4.78 is 0. The third kappa shape index (κ3) is 2.87. The predicted octanol–water partition coefficient (Wildman–Crippen LogP) is 2.26. The van der Waals surface area contributed by atoms with Crippen LogP contribution in [-0.2, 0) is 9.59 Å². The molecule has 0 saturated heterocycles. The SMILES string of the molecule is CC(=O)NC(C(=O)O)c1c(Cl)cccc1Cl. The lowest BCUT2D eigenvalue weighted by Crippen LogP contribution is -2.32. The van der Waals surface area contributed by atoms with Crippen LogP contribution in [0, 0.1) is 0 Å². The van der Waals surface area contributed by atoms with Crippen molar-refractivity contribution in [2.45, 2.75) is 13.0 Å². The average molecular weight is 262 g/mol. The van der Waals surface area contributed by atoms with Crippen molar-refractivity contribution in [2.24, 2.45) is 0 Å². The van der Waals surface area contributed by atoms with Gasteiger partial charge in [-0.2, -0.15) is 0 Å². The topological polar surface area (TPSA) is 66.4 Å². The summed E-state index contributed by atoms with van der Waals surface area (Å²) in [5.41, 5.74) is 0.188. The molecule has 1 unspecified atom stereocenters. The van der Waals surface area contributed by atoms with Crippen molar-refractivity contribution in [3.63, 3.8) is 0 Å². The van der Waals surface area contributed by atoms with Gasteiger partial charge in [-0.3, -0.25) is 4.79 Å². The molecule has 0 aliphatic heterocycles. The van der Waals surface area contributed by atoms with Crippen LogP contribution < -0.4 is 5.32 Å². The van der Waals surface area contributed by atoms with Crippen molar-refractivity contribution in [1.82, 2.24) is 5.32 Å². The molecule has 1 rings (SSSR count). The molecule has 0 heterocycles. The maximum absolute atomic E-state index is 11.0. The van der Waals surface area contributed by atoms with Crippen LogP contribution in [-0.4, -0.2) is 17.0 Å². The quantitative estimate of drug-likeness (QED) is 0.877. The Balaban J connectivity index is 3.20. The van der Waals surface area contributed by atoms with Crippen molar-refractivity contribution in [3.05, 3.63) is 33.8 Å². The molecular formula is C10H9Cl2NO3. The lowest BCUT2D eigenvalue weighted by molar-refractivity contribution is -0.141. The van der Waals surface area contributed by atoms with Gasteiger partial charge in [0.2, 0.25) is 5.91 Å². The van der Waals surface area contributed by atoms with E-state index >= 15 is 0 Å². The number of carbonyl (C=O) groups is 2. The Morgan fingerprint density at radius 3 is 2.19 bits per heavy atom. The highest BCUT2D eigenvalue weighted by Crippen LogP contribution is 2.30. The van der Waals surface area contributed by atoms with Crippen molar-refractivity contribution < 1.29 is 14.7 Å². The second-order valence-corrected chi connectivity index (χ2v) is 3.92. The molecule has 1 atom stereocenters. The number of carboxylic acid groups (broad SMARTS) is 1. The van der Waals surface area contributed by atoms with Crippen LogP contribution in [0.4, 0.5) is 0 Å². The molecule has 1 aromatic rings. The van der Waals surface area contributed by atoms with Crippen LogP contribution in [0.25, 0.3) is 0 Å². The monoisotopic (exact) mass is 261 g/mol. The van der Waals surface area contributed by atoms with Gasteiger partial charge in [0.1, 0.15) is 0 Å². The fourth-order valence-electron chi connectivity index (χ4n) is 1.25. The normalized spacial score (nSPS) is 11.9. The van der Waals surface area contributed by atoms with E-state index in [9.17, 15) is 9.59 Å². The van der Waals surface area contributed by atoms with Gasteiger partial charge in [-0.15, -0.1) is 0 Å². The summed E-state index contributed by atoms with van der Waals surface area (Å²) in [7, 11) is 0. The second-order valence-electron chi connectivity index (χ2n) is 3.11. The van der Waals surface area contributed by atoms with Gasteiger partial charge < -0.3 is 10.4 Å². The van der Waals surface area contributed by atoms with Crippen LogP contribution in [0.3, 0.4) is 0 Å². The van der Waals surface area contributed by atoms with Crippen LogP contribution in [0.1, 0.15) is 18.5 Å². The van der Waals surface area contributed by atoms with Crippen molar-refractivity contribution >= 4 is 35.1 Å². The smallest absolute Gasteiger partial charge is 0.331 e. The lowest BCUT2D eigenvalue weighted by Gasteiger charge is -2.16. The highest BCUT2D eigenvalue weighted by atomic mass is 35.5. The van der Waals surface area contributed by atoms with E-state index in [1.165, 1.54) is 19.1 Å². The van der Waals surface area contributed by atoms with Gasteiger partial charge in [0.05, 0.1) is 0 Å². The van der Waals surface area contributed by atoms with Gasteiger partial charge in [-0.1, -0.05) is 29.3 Å². The molecule has 0 bridgehead atoms. The van der Waals surface area contributed by atoms with Crippen LogP contribution in [0.2, 0.25) is 10.0 Å². The van der Waals surface area contributed by atoms with Crippen molar-refractivity contribution in [1.29, 1.82) is 0 Å². The largest absolute Gasteiger partial charge is 0.479 e. The summed E-state index contributed by atoms with van der Waals surface area (Å²) in [5, 5.41) is 11.7. The van der Waals surface area contributed by atoms with E-state index in [0.717, 1.165) is 0 Å². The average Bonchev–Trinajstić information content (AvgIpc) is 2.15. The van der Waals surface area contributed by atoms with Crippen LogP contribution >= 0.6 is 23.2 Å². The van der Waals surface area contributed by atoms with Gasteiger partial charge in [-0.25, -0.2) is 4.79 Å². The zero-order chi connectivity index (χ0) is 12.3. The van der Waals surface area contributed by atoms with Crippen LogP contribution in [0.5, 0.6) is 0 Å². The van der Waals surface area contributed by atoms with E-state index in [1.807, 2.05) is 0 Å². The molecule has 0 saturated carbocycles. The van der Waals surface area contributed by atoms with E-state index in [0.29, 0.717) is 0 Å². The van der Waals surface area contributed by atoms with Gasteiger partial charge in [0.25, 0.3) is 0 Å². The van der Waals surface area contributed by atoms with Gasteiger partial charge in [0.15, 0.2) is 6.04 Å². The standard InChI is InChI=1S/C10H9Cl2NO3/c1-5(14)13-9(10(15)16)8-6(11)3-2-4-7(8)12/h2-4,9H,1H3,(H,13,14)(H,15,16). The minimum atomic E-state index is -1.24. The summed E-state index contributed by atoms with van der Waals surface area (Å²) in [6.45, 7) is 1.22. The van der Waals surface area contributed by atoms with E-state index in [2.05, 4.69) is 5.32 Å². The number of carboxylic acids is 1. The maximum Gasteiger partial charge on any atom is 0.331 e. The molecule has 0 aromatic heterocycles. The molecule has 86 valence electrons. The fourth-order valence-corrected chi connectivity index (χ4v) is 1.86. The number of rotatable bonds is 3. The first-order valence-electron chi connectivity index (χ1n) is 4.37. The number of hydrogen-bond donors (Lipinski definition) is 2. The number of nitrogens with one attached hydrogen (secondary N) is 1. The minimum absolute atomic E-state index is 0.188. The fraction of sp³-hybridized carbons (Fsp3) is 0.200. The van der Waals surface area contributed by atoms with Crippen molar-refractivity contribution in [2.75, 3.05) is 0 Å². The van der Waals surface area contributed by atoms with Gasteiger partial charge in [-0.05, 0) is 12.1 Å². The summed E-state index contributed by atoms with van der Waals surface area (Å²) in [5.74, 6) is -1.69. The Bertz CT molecular complexity index is 414. The number of amides is 1. The lowest BCUT2D eigenvalue weighted by atomic mass is 10.1. The van der Waals surface area contributed by atoms with Gasteiger partial charge in [0, 0.05) is 22.5 Å². The molecule has 2 N–H and O–H groups in total. The van der Waals surface area contributed by atoms with E-state index in [1.54, 1.807) is 6.07 Å². The molecular weight excluding hydrogens is 253 g/mol. The number of benzene rings is 1. The molecule has 4 nitrogen and oxygen atoms in total. The first-order chi connectivity index (χ1) is 7.43. The summed E-state index contributed by atoms with van der Waals surface area (Å²) in [4.78, 5) is 21.9.